The number of nitrogens with zero attached hydrogens (tertiary/aromatic N) is 1. The molecule has 0 aromatic heterocycles. The molecule has 0 radical (unpaired) electrons. The summed E-state index contributed by atoms with van der Waals surface area (Å²) in [6.45, 7) is 4.90. The molecule has 1 aromatic carbocycles. The van der Waals surface area contributed by atoms with E-state index in [2.05, 4.69) is 21.2 Å². The summed E-state index contributed by atoms with van der Waals surface area (Å²) in [5.41, 5.74) is 1.24. The molecule has 2 rings (SSSR count). The van der Waals surface area contributed by atoms with E-state index in [0.29, 0.717) is 35.5 Å². The lowest BCUT2D eigenvalue weighted by molar-refractivity contribution is -0.121. The topological polar surface area (TPSA) is 50.8 Å². The van der Waals surface area contributed by atoms with Crippen LogP contribution in [0.2, 0.25) is 0 Å². The molecule has 118 valence electrons. The number of likely N-dealkylation sites (N-methyl/N-ethyl adjacent to an activating group) is 1. The Labute approximate surface area is 143 Å². The third kappa shape index (κ3) is 3.41. The number of hydrogen-bond acceptors (Lipinski definition) is 4. The Bertz CT molecular complexity index is 646. The first kappa shape index (κ1) is 16.8. The molecule has 1 aliphatic rings. The fourth-order valence-electron chi connectivity index (χ4n) is 1.98. The van der Waals surface area contributed by atoms with Gasteiger partial charge in [-0.15, -0.1) is 0 Å². The van der Waals surface area contributed by atoms with Crippen LogP contribution >= 0.6 is 28.1 Å². The molecule has 1 aliphatic heterocycles. The number of ether oxygens (including phenoxy) is 2. The Kier molecular flexibility index (Phi) is 5.42. The first-order valence-electron chi connectivity index (χ1n) is 6.87. The van der Waals surface area contributed by atoms with Gasteiger partial charge in [-0.2, -0.15) is 0 Å². The molecule has 0 bridgehead atoms. The molecular weight excluding hydrogens is 368 g/mol. The zero-order valence-electron chi connectivity index (χ0n) is 12.6. The lowest BCUT2D eigenvalue weighted by Gasteiger charge is -2.13. The molecule has 0 unspecified atom stereocenters. The van der Waals surface area contributed by atoms with Crippen LogP contribution in [0.5, 0.6) is 11.5 Å². The van der Waals surface area contributed by atoms with E-state index in [0.717, 1.165) is 10.0 Å². The summed E-state index contributed by atoms with van der Waals surface area (Å²) in [6, 6.07) is 3.67. The molecule has 1 heterocycles. The van der Waals surface area contributed by atoms with E-state index < -0.39 is 0 Å². The lowest BCUT2D eigenvalue weighted by Crippen LogP contribution is -2.25. The van der Waals surface area contributed by atoms with Crippen LogP contribution in [0.1, 0.15) is 19.4 Å². The molecule has 1 fully saturated rings. The number of benzene rings is 1. The van der Waals surface area contributed by atoms with Gasteiger partial charge < -0.3 is 14.8 Å². The zero-order chi connectivity index (χ0) is 16.3. The van der Waals surface area contributed by atoms with Crippen molar-refractivity contribution in [1.82, 2.24) is 10.2 Å². The van der Waals surface area contributed by atoms with Crippen molar-refractivity contribution in [2.24, 2.45) is 0 Å². The minimum atomic E-state index is -0.163. The number of hydrogen-bond donors (Lipinski definition) is 1. The fraction of sp³-hybridized carbons (Fsp3) is 0.333. The van der Waals surface area contributed by atoms with E-state index in [1.165, 1.54) is 4.90 Å². The minimum absolute atomic E-state index is 0.163. The van der Waals surface area contributed by atoms with Crippen molar-refractivity contribution < 1.29 is 14.3 Å². The summed E-state index contributed by atoms with van der Waals surface area (Å²) >= 11 is 8.56. The molecular formula is C15H17BrN2O3S. The highest BCUT2D eigenvalue weighted by Crippen LogP contribution is 2.35. The fourth-order valence-corrected chi connectivity index (χ4v) is 2.61. The van der Waals surface area contributed by atoms with Crippen LogP contribution in [0.25, 0.3) is 6.08 Å². The maximum absolute atomic E-state index is 12.0. The van der Waals surface area contributed by atoms with E-state index in [9.17, 15) is 4.79 Å². The third-order valence-corrected chi connectivity index (χ3v) is 4.11. The van der Waals surface area contributed by atoms with Crippen molar-refractivity contribution in [2.75, 3.05) is 20.3 Å². The van der Waals surface area contributed by atoms with E-state index in [4.69, 9.17) is 21.7 Å². The van der Waals surface area contributed by atoms with Gasteiger partial charge in [0.1, 0.15) is 5.70 Å². The standard InChI is InChI=1S/C15H17BrN2O3S/c1-4-20-12-7-9(10(16)8-13(12)21-5-2)6-11-14(19)18(3)15(22)17-11/h6-8H,4-5H2,1-3H3,(H,17,22)/b11-6+. The highest BCUT2D eigenvalue weighted by molar-refractivity contribution is 9.10. The van der Waals surface area contributed by atoms with E-state index in [1.807, 2.05) is 26.0 Å². The first-order chi connectivity index (χ1) is 10.5. The number of rotatable bonds is 5. The molecule has 0 aliphatic carbocycles. The average molecular weight is 385 g/mol. The van der Waals surface area contributed by atoms with Crippen molar-refractivity contribution in [3.05, 3.63) is 27.9 Å². The molecule has 5 nitrogen and oxygen atoms in total. The summed E-state index contributed by atoms with van der Waals surface area (Å²) < 4.78 is 12.0. The Hall–Kier alpha value is -1.60. The van der Waals surface area contributed by atoms with Crippen LogP contribution in [0.4, 0.5) is 0 Å². The van der Waals surface area contributed by atoms with Gasteiger partial charge in [-0.25, -0.2) is 0 Å². The predicted molar refractivity (Wildman–Crippen MR) is 93.0 cm³/mol. The largest absolute Gasteiger partial charge is 0.490 e. The zero-order valence-corrected chi connectivity index (χ0v) is 15.0. The average Bonchev–Trinajstić information content (AvgIpc) is 2.71. The second-order valence-electron chi connectivity index (χ2n) is 4.54. The summed E-state index contributed by atoms with van der Waals surface area (Å²) in [7, 11) is 1.64. The number of thiocarbonyl (C=S) groups is 1. The maximum atomic E-state index is 12.0. The van der Waals surface area contributed by atoms with Crippen LogP contribution in [-0.4, -0.2) is 36.2 Å². The molecule has 0 spiro atoms. The number of amides is 1. The van der Waals surface area contributed by atoms with Crippen molar-refractivity contribution >= 4 is 45.2 Å². The molecule has 1 N–H and O–H groups in total. The number of nitrogens with one attached hydrogen (secondary N) is 1. The van der Waals surface area contributed by atoms with Crippen molar-refractivity contribution in [3.8, 4) is 11.5 Å². The minimum Gasteiger partial charge on any atom is -0.490 e. The van der Waals surface area contributed by atoms with Gasteiger partial charge >= 0.3 is 0 Å². The van der Waals surface area contributed by atoms with Crippen molar-refractivity contribution in [3.63, 3.8) is 0 Å². The summed E-state index contributed by atoms with van der Waals surface area (Å²) in [4.78, 5) is 13.4. The third-order valence-electron chi connectivity index (χ3n) is 3.04. The van der Waals surface area contributed by atoms with E-state index in [-0.39, 0.29) is 5.91 Å². The number of carbonyl (C=O) groups is 1. The summed E-state index contributed by atoms with van der Waals surface area (Å²) in [6.07, 6.45) is 1.74. The van der Waals surface area contributed by atoms with Crippen LogP contribution in [0, 0.1) is 0 Å². The van der Waals surface area contributed by atoms with Crippen LogP contribution < -0.4 is 14.8 Å². The SMILES string of the molecule is CCOc1cc(Br)c(/C=C2/NC(=S)N(C)C2=O)cc1OCC. The Morgan fingerprint density at radius 2 is 1.86 bits per heavy atom. The Morgan fingerprint density at radius 3 is 2.36 bits per heavy atom. The van der Waals surface area contributed by atoms with Gasteiger partial charge in [-0.3, -0.25) is 9.69 Å². The quantitative estimate of drug-likeness (QED) is 0.624. The highest BCUT2D eigenvalue weighted by atomic mass is 79.9. The molecule has 1 aromatic rings. The van der Waals surface area contributed by atoms with Crippen LogP contribution in [-0.2, 0) is 4.79 Å². The lowest BCUT2D eigenvalue weighted by atomic mass is 10.1. The molecule has 0 saturated carbocycles. The van der Waals surface area contributed by atoms with Crippen LogP contribution in [0.3, 0.4) is 0 Å². The maximum Gasteiger partial charge on any atom is 0.276 e. The van der Waals surface area contributed by atoms with Crippen molar-refractivity contribution in [1.29, 1.82) is 0 Å². The van der Waals surface area contributed by atoms with Gasteiger partial charge in [-0.05, 0) is 49.8 Å². The van der Waals surface area contributed by atoms with E-state index >= 15 is 0 Å². The monoisotopic (exact) mass is 384 g/mol. The Morgan fingerprint density at radius 1 is 1.27 bits per heavy atom. The summed E-state index contributed by atoms with van der Waals surface area (Å²) in [5.74, 6) is 1.14. The van der Waals surface area contributed by atoms with Crippen LogP contribution in [0.15, 0.2) is 22.3 Å². The van der Waals surface area contributed by atoms with Gasteiger partial charge in [0, 0.05) is 11.5 Å². The molecule has 22 heavy (non-hydrogen) atoms. The molecule has 1 saturated heterocycles. The number of halogens is 1. The van der Waals surface area contributed by atoms with E-state index in [1.54, 1.807) is 13.1 Å². The second kappa shape index (κ2) is 7.11. The smallest absolute Gasteiger partial charge is 0.276 e. The van der Waals surface area contributed by atoms with Crippen molar-refractivity contribution in [2.45, 2.75) is 13.8 Å². The Balaban J connectivity index is 2.41. The predicted octanol–water partition coefficient (Wildman–Crippen LogP) is 2.93. The summed E-state index contributed by atoms with van der Waals surface area (Å²) in [5, 5.41) is 3.29. The number of carbonyl (C=O) groups excluding carboxylic acids is 1. The second-order valence-corrected chi connectivity index (χ2v) is 5.78. The molecule has 0 atom stereocenters. The van der Waals surface area contributed by atoms with Gasteiger partial charge in [0.15, 0.2) is 16.6 Å². The van der Waals surface area contributed by atoms with Gasteiger partial charge in [0.05, 0.1) is 13.2 Å². The van der Waals surface area contributed by atoms with Gasteiger partial charge in [0.2, 0.25) is 0 Å². The van der Waals surface area contributed by atoms with Gasteiger partial charge in [-0.1, -0.05) is 15.9 Å². The first-order valence-corrected chi connectivity index (χ1v) is 8.07. The molecule has 7 heteroatoms. The normalized spacial score (nSPS) is 16.2. The molecule has 1 amide bonds. The highest BCUT2D eigenvalue weighted by Gasteiger charge is 2.27. The van der Waals surface area contributed by atoms with Gasteiger partial charge in [0.25, 0.3) is 5.91 Å².